The van der Waals surface area contributed by atoms with E-state index in [-0.39, 0.29) is 18.1 Å². The largest absolute Gasteiger partial charge is 0.461 e. The van der Waals surface area contributed by atoms with E-state index >= 15 is 0 Å². The molecule has 0 bridgehead atoms. The second kappa shape index (κ2) is 7.74. The molecule has 1 aromatic heterocycles. The van der Waals surface area contributed by atoms with E-state index in [1.165, 1.54) is 10.7 Å². The molecule has 1 heterocycles. The van der Waals surface area contributed by atoms with Gasteiger partial charge >= 0.3 is 12.6 Å². The van der Waals surface area contributed by atoms with Gasteiger partial charge in [-0.2, -0.15) is 13.9 Å². The number of carbonyl (C=O) groups is 1. The lowest BCUT2D eigenvalue weighted by Gasteiger charge is -2.13. The number of alkyl halides is 2. The fourth-order valence-corrected chi connectivity index (χ4v) is 2.83. The first-order valence-electron chi connectivity index (χ1n) is 7.36. The van der Waals surface area contributed by atoms with Gasteiger partial charge in [-0.05, 0) is 31.5 Å². The molecular weight excluding hydrogens is 386 g/mol. The van der Waals surface area contributed by atoms with Gasteiger partial charge in [0, 0.05) is 22.6 Å². The topological polar surface area (TPSA) is 53.3 Å². The van der Waals surface area contributed by atoms with Crippen LogP contribution in [0.3, 0.4) is 0 Å². The number of aromatic nitrogens is 2. The number of hydrogen-bond donors (Lipinski definition) is 0. The molecule has 0 saturated carbocycles. The summed E-state index contributed by atoms with van der Waals surface area (Å²) in [6.45, 7) is 0.832. The Kier molecular flexibility index (Phi) is 5.93. The molecule has 24 heavy (non-hydrogen) atoms. The van der Waals surface area contributed by atoms with Crippen LogP contribution in [-0.4, -0.2) is 29.0 Å². The van der Waals surface area contributed by atoms with Gasteiger partial charge in [-0.1, -0.05) is 22.9 Å². The summed E-state index contributed by atoms with van der Waals surface area (Å²) in [5.74, 6) is -0.530. The summed E-state index contributed by atoms with van der Waals surface area (Å²) in [6, 6.07) is 4.81. The summed E-state index contributed by atoms with van der Waals surface area (Å²) < 4.78 is 37.2. The number of carbonyl (C=O) groups excluding carboxylic acids is 1. The molecule has 8 heteroatoms. The summed E-state index contributed by atoms with van der Waals surface area (Å²) in [6.07, 6.45) is 0.488. The molecule has 0 amide bonds. The molecule has 5 nitrogen and oxygen atoms in total. The van der Waals surface area contributed by atoms with Crippen LogP contribution in [0.1, 0.15) is 29.9 Å². The molecule has 130 valence electrons. The highest BCUT2D eigenvalue weighted by atomic mass is 79.9. The summed E-state index contributed by atoms with van der Waals surface area (Å²) in [5, 5.41) is 4.21. The van der Waals surface area contributed by atoms with Gasteiger partial charge in [0.15, 0.2) is 5.69 Å². The molecule has 2 aromatic rings. The molecule has 0 unspecified atom stereocenters. The van der Waals surface area contributed by atoms with Crippen LogP contribution in [-0.2, 0) is 18.2 Å². The van der Waals surface area contributed by atoms with Crippen molar-refractivity contribution in [1.82, 2.24) is 9.78 Å². The van der Waals surface area contributed by atoms with Crippen molar-refractivity contribution >= 4 is 21.9 Å². The van der Waals surface area contributed by atoms with Crippen LogP contribution in [0.2, 0.25) is 0 Å². The molecule has 0 N–H and O–H groups in total. The first-order valence-corrected chi connectivity index (χ1v) is 8.16. The third kappa shape index (κ3) is 3.75. The first kappa shape index (κ1) is 18.4. The summed E-state index contributed by atoms with van der Waals surface area (Å²) >= 11 is 3.24. The fraction of sp³-hybridized carbons (Fsp3) is 0.375. The van der Waals surface area contributed by atoms with Gasteiger partial charge in [-0.3, -0.25) is 4.68 Å². The number of hydrogen-bond acceptors (Lipinski definition) is 4. The SMILES string of the molecule is CCOC(=O)c1nn(C)c(-c2ccc(Br)cc2OC(F)F)c1CC. The van der Waals surface area contributed by atoms with E-state index in [9.17, 15) is 13.6 Å². The van der Waals surface area contributed by atoms with Crippen molar-refractivity contribution in [1.29, 1.82) is 0 Å². The number of aryl methyl sites for hydroxylation is 1. The minimum atomic E-state index is -2.96. The van der Waals surface area contributed by atoms with E-state index in [1.807, 2.05) is 6.92 Å². The van der Waals surface area contributed by atoms with Crippen LogP contribution in [0, 0.1) is 0 Å². The lowest BCUT2D eigenvalue weighted by Crippen LogP contribution is -2.08. The van der Waals surface area contributed by atoms with Crippen molar-refractivity contribution in [3.8, 4) is 17.0 Å². The van der Waals surface area contributed by atoms with Gasteiger partial charge in [0.2, 0.25) is 0 Å². The molecule has 0 aliphatic carbocycles. The quantitative estimate of drug-likeness (QED) is 0.679. The molecular formula is C16H17BrF2N2O3. The van der Waals surface area contributed by atoms with Crippen molar-refractivity contribution < 1.29 is 23.0 Å². The fourth-order valence-electron chi connectivity index (χ4n) is 2.49. The normalized spacial score (nSPS) is 11.0. The first-order chi connectivity index (χ1) is 11.4. The van der Waals surface area contributed by atoms with E-state index < -0.39 is 12.6 Å². The van der Waals surface area contributed by atoms with Crippen LogP contribution < -0.4 is 4.74 Å². The number of rotatable bonds is 6. The minimum absolute atomic E-state index is 0.00693. The van der Waals surface area contributed by atoms with Crippen molar-refractivity contribution in [2.45, 2.75) is 26.9 Å². The molecule has 0 radical (unpaired) electrons. The van der Waals surface area contributed by atoms with Gasteiger partial charge in [-0.25, -0.2) is 4.79 Å². The Bertz CT molecular complexity index is 747. The second-order valence-electron chi connectivity index (χ2n) is 4.89. The monoisotopic (exact) mass is 402 g/mol. The predicted octanol–water partition coefficient (Wildman–Crippen LogP) is 4.19. The number of nitrogens with zero attached hydrogens (tertiary/aromatic N) is 2. The standard InChI is InChI=1S/C16H17BrF2N2O3/c1-4-10-13(15(22)23-5-2)20-21(3)14(10)11-7-6-9(17)8-12(11)24-16(18)19/h6-8,16H,4-5H2,1-3H3. The Hall–Kier alpha value is -1.96. The van der Waals surface area contributed by atoms with Gasteiger partial charge in [0.25, 0.3) is 0 Å². The van der Waals surface area contributed by atoms with Crippen molar-refractivity contribution in [2.75, 3.05) is 6.61 Å². The highest BCUT2D eigenvalue weighted by Crippen LogP contribution is 2.36. The molecule has 1 aromatic carbocycles. The van der Waals surface area contributed by atoms with E-state index in [4.69, 9.17) is 4.74 Å². The Morgan fingerprint density at radius 2 is 2.08 bits per heavy atom. The lowest BCUT2D eigenvalue weighted by molar-refractivity contribution is -0.0495. The zero-order chi connectivity index (χ0) is 17.9. The average Bonchev–Trinajstić information content (AvgIpc) is 2.84. The molecule has 0 aliphatic heterocycles. The van der Waals surface area contributed by atoms with Crippen LogP contribution in [0.25, 0.3) is 11.3 Å². The maximum Gasteiger partial charge on any atom is 0.387 e. The molecule has 2 rings (SSSR count). The smallest absolute Gasteiger partial charge is 0.387 e. The van der Waals surface area contributed by atoms with E-state index in [0.717, 1.165) is 0 Å². The number of benzene rings is 1. The van der Waals surface area contributed by atoms with Crippen LogP contribution in [0.15, 0.2) is 22.7 Å². The number of halogens is 3. The molecule has 0 spiro atoms. The van der Waals surface area contributed by atoms with Crippen LogP contribution >= 0.6 is 15.9 Å². The summed E-state index contributed by atoms with van der Waals surface area (Å²) in [4.78, 5) is 12.1. The third-order valence-corrected chi connectivity index (χ3v) is 3.88. The highest BCUT2D eigenvalue weighted by molar-refractivity contribution is 9.10. The van der Waals surface area contributed by atoms with E-state index in [2.05, 4.69) is 25.8 Å². The van der Waals surface area contributed by atoms with Gasteiger partial charge in [-0.15, -0.1) is 0 Å². The molecule has 0 atom stereocenters. The van der Waals surface area contributed by atoms with Gasteiger partial charge < -0.3 is 9.47 Å². The van der Waals surface area contributed by atoms with Crippen LogP contribution in [0.5, 0.6) is 5.75 Å². The zero-order valence-electron chi connectivity index (χ0n) is 13.5. The van der Waals surface area contributed by atoms with Crippen molar-refractivity contribution in [3.63, 3.8) is 0 Å². The van der Waals surface area contributed by atoms with Crippen molar-refractivity contribution in [3.05, 3.63) is 33.9 Å². The molecule has 0 saturated heterocycles. The van der Waals surface area contributed by atoms with Gasteiger partial charge in [0.05, 0.1) is 12.3 Å². The Morgan fingerprint density at radius 1 is 1.38 bits per heavy atom. The number of ether oxygens (including phenoxy) is 2. The molecule has 0 fully saturated rings. The predicted molar refractivity (Wildman–Crippen MR) is 88.3 cm³/mol. The van der Waals surface area contributed by atoms with Crippen molar-refractivity contribution in [2.24, 2.45) is 7.05 Å². The molecule has 0 aliphatic rings. The summed E-state index contributed by atoms with van der Waals surface area (Å²) in [7, 11) is 1.64. The van der Waals surface area contributed by atoms with E-state index in [1.54, 1.807) is 26.1 Å². The Morgan fingerprint density at radius 3 is 2.67 bits per heavy atom. The second-order valence-corrected chi connectivity index (χ2v) is 5.81. The third-order valence-electron chi connectivity index (χ3n) is 3.38. The zero-order valence-corrected chi connectivity index (χ0v) is 15.1. The Balaban J connectivity index is 2.62. The highest BCUT2D eigenvalue weighted by Gasteiger charge is 2.25. The summed E-state index contributed by atoms with van der Waals surface area (Å²) in [5.41, 5.74) is 1.78. The van der Waals surface area contributed by atoms with E-state index in [0.29, 0.717) is 27.7 Å². The lowest BCUT2D eigenvalue weighted by atomic mass is 10.0. The average molecular weight is 403 g/mol. The van der Waals surface area contributed by atoms with Gasteiger partial charge in [0.1, 0.15) is 5.75 Å². The number of esters is 1. The maximum atomic E-state index is 12.7. The maximum absolute atomic E-state index is 12.7. The Labute approximate surface area is 146 Å². The minimum Gasteiger partial charge on any atom is -0.461 e. The van der Waals surface area contributed by atoms with Crippen LogP contribution in [0.4, 0.5) is 8.78 Å².